The molecule has 1 heterocycles. The summed E-state index contributed by atoms with van der Waals surface area (Å²) in [6.07, 6.45) is 2.63. The fourth-order valence-corrected chi connectivity index (χ4v) is 2.24. The van der Waals surface area contributed by atoms with E-state index < -0.39 is 0 Å². The van der Waals surface area contributed by atoms with Gasteiger partial charge in [0.15, 0.2) is 0 Å². The molecule has 0 spiro atoms. The molecule has 0 bridgehead atoms. The van der Waals surface area contributed by atoms with Crippen LogP contribution in [0.3, 0.4) is 0 Å². The minimum Gasteiger partial charge on any atom is -0.368 e. The first-order valence-electron chi connectivity index (χ1n) is 5.63. The van der Waals surface area contributed by atoms with Crippen LogP contribution in [-0.2, 0) is 9.53 Å². The lowest BCUT2D eigenvalue weighted by atomic mass is 10.0. The third-order valence-electron chi connectivity index (χ3n) is 2.77. The maximum atomic E-state index is 11.8. The molecule has 15 heavy (non-hydrogen) atoms. The second-order valence-electron chi connectivity index (χ2n) is 4.34. The molecule has 0 aromatic carbocycles. The van der Waals surface area contributed by atoms with Crippen LogP contribution in [0.2, 0.25) is 0 Å². The molecule has 0 radical (unpaired) electrons. The molecule has 1 aliphatic heterocycles. The molecule has 1 amide bonds. The van der Waals surface area contributed by atoms with Crippen molar-refractivity contribution in [1.82, 2.24) is 5.32 Å². The first-order chi connectivity index (χ1) is 7.15. The van der Waals surface area contributed by atoms with Crippen LogP contribution in [0.4, 0.5) is 0 Å². The Hall–Kier alpha value is -0.0900. The minimum atomic E-state index is -0.207. The monoisotopic (exact) mass is 277 g/mol. The van der Waals surface area contributed by atoms with Crippen LogP contribution in [0.5, 0.6) is 0 Å². The normalized spacial score (nSPS) is 23.1. The zero-order valence-electron chi connectivity index (χ0n) is 9.46. The van der Waals surface area contributed by atoms with E-state index >= 15 is 0 Å². The van der Waals surface area contributed by atoms with E-state index in [1.165, 1.54) is 0 Å². The standard InChI is InChI=1S/C11H20BrNO2/c1-8(2)9(5-6-12)13-11(14)10-4-3-7-15-10/h8-10H,3-7H2,1-2H3,(H,13,14). The van der Waals surface area contributed by atoms with Gasteiger partial charge in [-0.3, -0.25) is 4.79 Å². The number of carbonyl (C=O) groups is 1. The first-order valence-corrected chi connectivity index (χ1v) is 6.75. The number of ether oxygens (including phenoxy) is 1. The molecule has 1 fully saturated rings. The van der Waals surface area contributed by atoms with E-state index in [9.17, 15) is 4.79 Å². The SMILES string of the molecule is CC(C)C(CCBr)NC(=O)C1CCCO1. The zero-order chi connectivity index (χ0) is 11.3. The molecule has 3 nitrogen and oxygen atoms in total. The van der Waals surface area contributed by atoms with Crippen molar-refractivity contribution in [3.05, 3.63) is 0 Å². The summed E-state index contributed by atoms with van der Waals surface area (Å²) in [5, 5.41) is 3.98. The van der Waals surface area contributed by atoms with Gasteiger partial charge >= 0.3 is 0 Å². The number of rotatable bonds is 5. The molecule has 0 aromatic rings. The van der Waals surface area contributed by atoms with Crippen molar-refractivity contribution in [1.29, 1.82) is 0 Å². The summed E-state index contributed by atoms with van der Waals surface area (Å²) in [4.78, 5) is 11.8. The Morgan fingerprint density at radius 3 is 2.80 bits per heavy atom. The molecule has 1 N–H and O–H groups in total. The Kier molecular flexibility index (Phi) is 5.61. The minimum absolute atomic E-state index is 0.0622. The molecule has 1 saturated heterocycles. The Labute approximate surface area is 100 Å². The van der Waals surface area contributed by atoms with Gasteiger partial charge in [-0.25, -0.2) is 0 Å². The zero-order valence-corrected chi connectivity index (χ0v) is 11.0. The van der Waals surface area contributed by atoms with Crippen molar-refractivity contribution in [2.75, 3.05) is 11.9 Å². The molecular weight excluding hydrogens is 258 g/mol. The van der Waals surface area contributed by atoms with E-state index in [4.69, 9.17) is 4.74 Å². The highest BCUT2D eigenvalue weighted by molar-refractivity contribution is 9.09. The number of hydrogen-bond acceptors (Lipinski definition) is 2. The highest BCUT2D eigenvalue weighted by Crippen LogP contribution is 2.14. The van der Waals surface area contributed by atoms with Crippen LogP contribution in [0.15, 0.2) is 0 Å². The van der Waals surface area contributed by atoms with Gasteiger partial charge in [-0.15, -0.1) is 0 Å². The largest absolute Gasteiger partial charge is 0.368 e. The third kappa shape index (κ3) is 4.11. The van der Waals surface area contributed by atoms with Crippen molar-refractivity contribution in [3.63, 3.8) is 0 Å². The van der Waals surface area contributed by atoms with Gasteiger partial charge in [-0.05, 0) is 25.2 Å². The molecule has 0 aliphatic carbocycles. The average Bonchev–Trinajstić information content (AvgIpc) is 2.69. The van der Waals surface area contributed by atoms with Gasteiger partial charge in [0.05, 0.1) is 0 Å². The maximum Gasteiger partial charge on any atom is 0.249 e. The molecular formula is C11H20BrNO2. The summed E-state index contributed by atoms with van der Waals surface area (Å²) in [6, 6.07) is 0.251. The Balaban J connectivity index is 2.38. The molecule has 0 saturated carbocycles. The number of amides is 1. The van der Waals surface area contributed by atoms with Crippen LogP contribution in [0.1, 0.15) is 33.1 Å². The molecule has 0 aromatic heterocycles. The van der Waals surface area contributed by atoms with Gasteiger partial charge in [-0.2, -0.15) is 0 Å². The number of alkyl halides is 1. The van der Waals surface area contributed by atoms with Gasteiger partial charge < -0.3 is 10.1 Å². The summed E-state index contributed by atoms with van der Waals surface area (Å²) in [5.74, 6) is 0.528. The van der Waals surface area contributed by atoms with Crippen LogP contribution >= 0.6 is 15.9 Å². The average molecular weight is 278 g/mol. The van der Waals surface area contributed by atoms with Crippen LogP contribution in [0, 0.1) is 5.92 Å². The summed E-state index contributed by atoms with van der Waals surface area (Å²) >= 11 is 3.41. The number of hydrogen-bond donors (Lipinski definition) is 1. The topological polar surface area (TPSA) is 38.3 Å². The fourth-order valence-electron chi connectivity index (χ4n) is 1.75. The second kappa shape index (κ2) is 6.48. The van der Waals surface area contributed by atoms with Gasteiger partial charge in [0.25, 0.3) is 0 Å². The van der Waals surface area contributed by atoms with Gasteiger partial charge in [0, 0.05) is 18.0 Å². The molecule has 4 heteroatoms. The smallest absolute Gasteiger partial charge is 0.249 e. The lowest BCUT2D eigenvalue weighted by Gasteiger charge is -2.23. The predicted octanol–water partition coefficient (Wildman–Crippen LogP) is 2.09. The molecule has 1 rings (SSSR count). The second-order valence-corrected chi connectivity index (χ2v) is 5.13. The van der Waals surface area contributed by atoms with Crippen molar-refractivity contribution in [2.45, 2.75) is 45.3 Å². The van der Waals surface area contributed by atoms with E-state index in [1.807, 2.05) is 0 Å². The van der Waals surface area contributed by atoms with E-state index in [-0.39, 0.29) is 18.1 Å². The number of halogens is 1. The van der Waals surface area contributed by atoms with E-state index in [1.54, 1.807) is 0 Å². The lowest BCUT2D eigenvalue weighted by Crippen LogP contribution is -2.43. The van der Waals surface area contributed by atoms with Crippen molar-refractivity contribution >= 4 is 21.8 Å². The quantitative estimate of drug-likeness (QED) is 0.782. The predicted molar refractivity (Wildman–Crippen MR) is 64.2 cm³/mol. The number of nitrogens with one attached hydrogen (secondary N) is 1. The maximum absolute atomic E-state index is 11.8. The lowest BCUT2D eigenvalue weighted by molar-refractivity contribution is -0.131. The Morgan fingerprint density at radius 2 is 2.33 bits per heavy atom. The van der Waals surface area contributed by atoms with Crippen molar-refractivity contribution in [2.24, 2.45) is 5.92 Å². The van der Waals surface area contributed by atoms with Gasteiger partial charge in [0.1, 0.15) is 6.10 Å². The van der Waals surface area contributed by atoms with Crippen LogP contribution in [0.25, 0.3) is 0 Å². The Bertz CT molecular complexity index is 203. The van der Waals surface area contributed by atoms with Gasteiger partial charge in [-0.1, -0.05) is 29.8 Å². The molecule has 2 unspecified atom stereocenters. The number of carbonyl (C=O) groups excluding carboxylic acids is 1. The molecule has 1 aliphatic rings. The third-order valence-corrected chi connectivity index (χ3v) is 3.23. The van der Waals surface area contributed by atoms with E-state index in [0.717, 1.165) is 31.2 Å². The summed E-state index contributed by atoms with van der Waals surface area (Å²) < 4.78 is 5.35. The van der Waals surface area contributed by atoms with Crippen LogP contribution < -0.4 is 5.32 Å². The highest BCUT2D eigenvalue weighted by Gasteiger charge is 2.26. The summed E-state index contributed by atoms with van der Waals surface area (Å²) in [5.41, 5.74) is 0. The fraction of sp³-hybridized carbons (Fsp3) is 0.909. The Morgan fingerprint density at radius 1 is 1.60 bits per heavy atom. The van der Waals surface area contributed by atoms with E-state index in [2.05, 4.69) is 35.1 Å². The van der Waals surface area contributed by atoms with Crippen LogP contribution in [-0.4, -0.2) is 30.0 Å². The molecule has 88 valence electrons. The van der Waals surface area contributed by atoms with E-state index in [0.29, 0.717) is 5.92 Å². The highest BCUT2D eigenvalue weighted by atomic mass is 79.9. The van der Waals surface area contributed by atoms with Gasteiger partial charge in [0.2, 0.25) is 5.91 Å². The summed E-state index contributed by atoms with van der Waals surface area (Å²) in [7, 11) is 0. The van der Waals surface area contributed by atoms with Crippen molar-refractivity contribution < 1.29 is 9.53 Å². The molecule has 2 atom stereocenters. The summed E-state index contributed by atoms with van der Waals surface area (Å²) in [6.45, 7) is 4.98. The first kappa shape index (κ1) is 13.0. The van der Waals surface area contributed by atoms with Crippen molar-refractivity contribution in [3.8, 4) is 0 Å².